The molecule has 0 spiro atoms. The van der Waals surface area contributed by atoms with Gasteiger partial charge in [0.15, 0.2) is 0 Å². The van der Waals surface area contributed by atoms with E-state index in [1.807, 2.05) is 12.1 Å². The molecule has 0 aliphatic rings. The van der Waals surface area contributed by atoms with E-state index in [9.17, 15) is 4.79 Å². The van der Waals surface area contributed by atoms with E-state index in [0.717, 1.165) is 21.7 Å². The van der Waals surface area contributed by atoms with Gasteiger partial charge >= 0.3 is 0 Å². The normalized spacial score (nSPS) is 11.6. The standard InChI is InChI=1S/C13H7ClN4O/c14-10-3-8-6(4-15-10)1-2-7-11-9(17-12(7)8)5-16-18-13(11)19/h1-5,17H,(H,18,19). The van der Waals surface area contributed by atoms with Gasteiger partial charge in [-0.2, -0.15) is 5.10 Å². The van der Waals surface area contributed by atoms with Crippen LogP contribution in [0, 0.1) is 0 Å². The van der Waals surface area contributed by atoms with E-state index in [4.69, 9.17) is 11.6 Å². The highest BCUT2D eigenvalue weighted by Crippen LogP contribution is 2.29. The van der Waals surface area contributed by atoms with E-state index in [-0.39, 0.29) is 5.56 Å². The van der Waals surface area contributed by atoms with Gasteiger partial charge in [0.25, 0.3) is 5.56 Å². The number of benzene rings is 1. The van der Waals surface area contributed by atoms with Crippen LogP contribution in [0.3, 0.4) is 0 Å². The first-order valence-corrected chi connectivity index (χ1v) is 6.05. The average molecular weight is 271 g/mol. The number of halogens is 1. The second kappa shape index (κ2) is 3.55. The minimum Gasteiger partial charge on any atom is -0.353 e. The molecule has 0 aliphatic carbocycles. The molecule has 1 aromatic carbocycles. The molecule has 0 radical (unpaired) electrons. The fourth-order valence-corrected chi connectivity index (χ4v) is 2.59. The molecule has 19 heavy (non-hydrogen) atoms. The Hall–Kier alpha value is -2.40. The van der Waals surface area contributed by atoms with Crippen LogP contribution in [0.5, 0.6) is 0 Å². The van der Waals surface area contributed by atoms with Crippen LogP contribution >= 0.6 is 11.6 Å². The Morgan fingerprint density at radius 1 is 1.16 bits per heavy atom. The summed E-state index contributed by atoms with van der Waals surface area (Å²) in [7, 11) is 0. The van der Waals surface area contributed by atoms with Gasteiger partial charge in [0.05, 0.1) is 22.6 Å². The van der Waals surface area contributed by atoms with Crippen molar-refractivity contribution in [2.75, 3.05) is 0 Å². The monoisotopic (exact) mass is 270 g/mol. The number of aromatic nitrogens is 4. The fourth-order valence-electron chi connectivity index (χ4n) is 2.43. The first-order chi connectivity index (χ1) is 9.24. The summed E-state index contributed by atoms with van der Waals surface area (Å²) >= 11 is 5.94. The molecule has 92 valence electrons. The third kappa shape index (κ3) is 1.39. The molecule has 0 unspecified atom stereocenters. The Morgan fingerprint density at radius 3 is 2.95 bits per heavy atom. The average Bonchev–Trinajstić information content (AvgIpc) is 2.79. The van der Waals surface area contributed by atoms with Crippen LogP contribution in [-0.4, -0.2) is 20.2 Å². The molecule has 0 fully saturated rings. The molecule has 4 rings (SSSR count). The molecule has 0 saturated heterocycles. The van der Waals surface area contributed by atoms with Crippen molar-refractivity contribution in [1.82, 2.24) is 20.2 Å². The minimum absolute atomic E-state index is 0.205. The lowest BCUT2D eigenvalue weighted by Gasteiger charge is -1.99. The second-order valence-corrected chi connectivity index (χ2v) is 4.72. The quantitative estimate of drug-likeness (QED) is 0.482. The summed E-state index contributed by atoms with van der Waals surface area (Å²) in [5.41, 5.74) is 1.37. The summed E-state index contributed by atoms with van der Waals surface area (Å²) in [6.07, 6.45) is 3.32. The molecule has 6 heteroatoms. The van der Waals surface area contributed by atoms with Crippen molar-refractivity contribution >= 4 is 44.2 Å². The summed E-state index contributed by atoms with van der Waals surface area (Å²) in [4.78, 5) is 19.2. The highest BCUT2D eigenvalue weighted by molar-refractivity contribution is 6.30. The first kappa shape index (κ1) is 10.5. The van der Waals surface area contributed by atoms with Crippen LogP contribution in [-0.2, 0) is 0 Å². The molecule has 3 heterocycles. The Morgan fingerprint density at radius 2 is 2.05 bits per heavy atom. The largest absolute Gasteiger partial charge is 0.353 e. The molecule has 4 aromatic rings. The number of fused-ring (bicyclic) bond motifs is 5. The van der Waals surface area contributed by atoms with Gasteiger partial charge in [-0.05, 0) is 6.07 Å². The molecule has 0 aliphatic heterocycles. The van der Waals surface area contributed by atoms with Gasteiger partial charge in [-0.1, -0.05) is 23.7 Å². The summed E-state index contributed by atoms with van der Waals surface area (Å²) in [5.74, 6) is 0. The molecule has 5 nitrogen and oxygen atoms in total. The molecular formula is C13H7ClN4O. The van der Waals surface area contributed by atoms with Crippen LogP contribution in [0.25, 0.3) is 32.6 Å². The molecular weight excluding hydrogens is 264 g/mol. The Balaban J connectivity index is 2.35. The Bertz CT molecular complexity index is 1000. The topological polar surface area (TPSA) is 74.4 Å². The van der Waals surface area contributed by atoms with Crippen molar-refractivity contribution in [2.45, 2.75) is 0 Å². The highest BCUT2D eigenvalue weighted by atomic mass is 35.5. The van der Waals surface area contributed by atoms with Crippen molar-refractivity contribution in [3.63, 3.8) is 0 Å². The van der Waals surface area contributed by atoms with E-state index in [1.165, 1.54) is 0 Å². The lowest BCUT2D eigenvalue weighted by Crippen LogP contribution is -2.06. The number of nitrogens with zero attached hydrogens (tertiary/aromatic N) is 2. The van der Waals surface area contributed by atoms with Gasteiger partial charge in [0.1, 0.15) is 5.15 Å². The van der Waals surface area contributed by atoms with Crippen LogP contribution in [0.15, 0.2) is 35.4 Å². The van der Waals surface area contributed by atoms with Crippen LogP contribution in [0.2, 0.25) is 5.15 Å². The maximum Gasteiger partial charge on any atom is 0.274 e. The summed E-state index contributed by atoms with van der Waals surface area (Å²) in [5, 5.41) is 10.0. The molecule has 2 N–H and O–H groups in total. The number of pyridine rings is 1. The van der Waals surface area contributed by atoms with Crippen molar-refractivity contribution in [3.8, 4) is 0 Å². The maximum atomic E-state index is 11.9. The lowest BCUT2D eigenvalue weighted by molar-refractivity contribution is 1.01. The number of H-pyrrole nitrogens is 2. The molecule has 0 atom stereocenters. The highest BCUT2D eigenvalue weighted by Gasteiger charge is 2.11. The van der Waals surface area contributed by atoms with Gasteiger partial charge in [-0.15, -0.1) is 0 Å². The van der Waals surface area contributed by atoms with Crippen molar-refractivity contribution in [3.05, 3.63) is 46.1 Å². The summed E-state index contributed by atoms with van der Waals surface area (Å²) in [6.45, 7) is 0. The summed E-state index contributed by atoms with van der Waals surface area (Å²) < 4.78 is 0. The smallest absolute Gasteiger partial charge is 0.274 e. The SMILES string of the molecule is O=c1[nH]ncc2[nH]c3c4cc(Cl)ncc4ccc3c12. The predicted octanol–water partition coefficient (Wildman–Crippen LogP) is 2.61. The third-order valence-corrected chi connectivity index (χ3v) is 3.46. The van der Waals surface area contributed by atoms with E-state index in [2.05, 4.69) is 20.2 Å². The number of aromatic amines is 2. The molecule has 0 amide bonds. The zero-order valence-corrected chi connectivity index (χ0v) is 10.3. The third-order valence-electron chi connectivity index (χ3n) is 3.25. The first-order valence-electron chi connectivity index (χ1n) is 5.67. The number of hydrogen-bond donors (Lipinski definition) is 2. The molecule has 0 bridgehead atoms. The molecule has 0 saturated carbocycles. The van der Waals surface area contributed by atoms with Crippen LogP contribution < -0.4 is 5.56 Å². The van der Waals surface area contributed by atoms with Crippen molar-refractivity contribution in [1.29, 1.82) is 0 Å². The fraction of sp³-hybridized carbons (Fsp3) is 0. The van der Waals surface area contributed by atoms with Crippen molar-refractivity contribution < 1.29 is 0 Å². The van der Waals surface area contributed by atoms with Crippen molar-refractivity contribution in [2.24, 2.45) is 0 Å². The lowest BCUT2D eigenvalue weighted by atomic mass is 10.1. The van der Waals surface area contributed by atoms with Gasteiger partial charge in [0, 0.05) is 22.4 Å². The minimum atomic E-state index is -0.205. The van der Waals surface area contributed by atoms with E-state index in [1.54, 1.807) is 18.5 Å². The summed E-state index contributed by atoms with van der Waals surface area (Å²) in [6, 6.07) is 5.62. The van der Waals surface area contributed by atoms with Crippen LogP contribution in [0.4, 0.5) is 0 Å². The van der Waals surface area contributed by atoms with Gasteiger partial charge in [-0.25, -0.2) is 10.1 Å². The Kier molecular flexibility index (Phi) is 1.97. The van der Waals surface area contributed by atoms with Gasteiger partial charge < -0.3 is 4.98 Å². The second-order valence-electron chi connectivity index (χ2n) is 4.33. The van der Waals surface area contributed by atoms with E-state index < -0.39 is 0 Å². The number of nitrogens with one attached hydrogen (secondary N) is 2. The van der Waals surface area contributed by atoms with Crippen LogP contribution in [0.1, 0.15) is 0 Å². The number of rotatable bonds is 0. The number of hydrogen-bond acceptors (Lipinski definition) is 3. The zero-order valence-electron chi connectivity index (χ0n) is 9.57. The Labute approximate surface area is 111 Å². The zero-order chi connectivity index (χ0) is 13.0. The van der Waals surface area contributed by atoms with E-state index in [0.29, 0.717) is 16.1 Å². The molecule has 3 aromatic heterocycles. The van der Waals surface area contributed by atoms with Gasteiger partial charge in [-0.3, -0.25) is 4.79 Å². The van der Waals surface area contributed by atoms with Gasteiger partial charge in [0.2, 0.25) is 0 Å². The van der Waals surface area contributed by atoms with E-state index >= 15 is 0 Å². The maximum absolute atomic E-state index is 11.9. The predicted molar refractivity (Wildman–Crippen MR) is 74.5 cm³/mol.